The van der Waals surface area contributed by atoms with Gasteiger partial charge in [-0.05, 0) is 144 Å². The predicted octanol–water partition coefficient (Wildman–Crippen LogP) is 19.7. The number of nitrogens with zero attached hydrogens (tertiary/aromatic N) is 2. The summed E-state index contributed by atoms with van der Waals surface area (Å²) < 4.78 is 0. The molecule has 64 heavy (non-hydrogen) atoms. The average Bonchev–Trinajstić information content (AvgIpc) is 3.82. The summed E-state index contributed by atoms with van der Waals surface area (Å²) >= 11 is -0.556. The summed E-state index contributed by atoms with van der Waals surface area (Å²) in [4.78, 5) is 11.1. The van der Waals surface area contributed by atoms with Crippen LogP contribution in [0.25, 0.3) is 9.96 Å². The molecule has 8 aliphatic carbocycles. The minimum atomic E-state index is -1.69. The van der Waals surface area contributed by atoms with E-state index in [1.165, 1.54) is 64.2 Å². The Morgan fingerprint density at radius 3 is 0.922 bits per heavy atom. The van der Waals surface area contributed by atoms with Crippen molar-refractivity contribution in [3.63, 3.8) is 0 Å². The first-order valence-electron chi connectivity index (χ1n) is 23.9. The average molecular weight is 1020 g/mol. The largest absolute Gasteiger partial charge is 4.00 e. The van der Waals surface area contributed by atoms with Gasteiger partial charge >= 0.3 is 57.4 Å². The van der Waals surface area contributed by atoms with Crippen LogP contribution in [-0.4, -0.2) is 27.5 Å². The quantitative estimate of drug-likeness (QED) is 0.198. The van der Waals surface area contributed by atoms with E-state index in [0.29, 0.717) is 21.7 Å². The van der Waals surface area contributed by atoms with Gasteiger partial charge in [0, 0.05) is 0 Å². The fourth-order valence-corrected chi connectivity index (χ4v) is 25.5. The molecule has 0 aromatic heterocycles. The van der Waals surface area contributed by atoms with Gasteiger partial charge in [0.2, 0.25) is 0 Å². The van der Waals surface area contributed by atoms with Crippen molar-refractivity contribution < 1.29 is 38.7 Å². The first-order valence-corrected chi connectivity index (χ1v) is 34.3. The first kappa shape index (κ1) is 63.3. The Kier molecular flexibility index (Phi) is 21.0. The molecule has 2 nitrogen and oxygen atoms in total. The zero-order chi connectivity index (χ0) is 44.4. The molecule has 0 heterocycles. The summed E-state index contributed by atoms with van der Waals surface area (Å²) in [7, 11) is 6.39. The van der Waals surface area contributed by atoms with Crippen LogP contribution < -0.4 is 0 Å². The zero-order valence-electron chi connectivity index (χ0n) is 46.3. The topological polar surface area (TPSA) is 28.2 Å². The van der Waals surface area contributed by atoms with Crippen LogP contribution in [0.3, 0.4) is 0 Å². The van der Waals surface area contributed by atoms with Gasteiger partial charge in [-0.3, -0.25) is 0 Å². The minimum absolute atomic E-state index is 0. The Balaban J connectivity index is 0.000000562. The second-order valence-electron chi connectivity index (χ2n) is 27.8. The van der Waals surface area contributed by atoms with E-state index in [1.807, 2.05) is 44.6 Å². The van der Waals surface area contributed by atoms with Gasteiger partial charge in [-0.15, -0.1) is 11.1 Å². The van der Waals surface area contributed by atoms with Crippen molar-refractivity contribution >= 4 is 35.1 Å². The molecule has 2 fully saturated rings. The van der Waals surface area contributed by atoms with Crippen molar-refractivity contribution in [2.45, 2.75) is 223 Å². The van der Waals surface area contributed by atoms with Crippen LogP contribution in [0.1, 0.15) is 175 Å². The van der Waals surface area contributed by atoms with Crippen LogP contribution in [0.15, 0.2) is 44.6 Å². The van der Waals surface area contributed by atoms with Crippen LogP contribution in [0.4, 0.5) is 0 Å². The van der Waals surface area contributed by atoms with Gasteiger partial charge in [-0.25, -0.2) is 0 Å². The summed E-state index contributed by atoms with van der Waals surface area (Å²) in [6.07, 6.45) is 13.5. The normalized spacial score (nSPS) is 32.3. The molecular formula is C56H100Cl2N2Si2Ti2-2. The fraction of sp³-hybridized carbons (Fsp3) is 0.786. The number of allylic oxidation sites excluding steroid dienone is 8. The van der Waals surface area contributed by atoms with Crippen LogP contribution in [0.5, 0.6) is 0 Å². The van der Waals surface area contributed by atoms with Crippen LogP contribution in [0.2, 0.25) is 37.3 Å². The molecular weight excluding hydrogens is 923 g/mol. The Hall–Kier alpha value is 1.32. The van der Waals surface area contributed by atoms with E-state index in [1.54, 1.807) is 0 Å². The molecule has 0 aromatic rings. The smallest absolute Gasteiger partial charge is 4.00 e. The molecule has 8 aliphatic rings. The summed E-state index contributed by atoms with van der Waals surface area (Å²) in [6.45, 7) is 49.3. The van der Waals surface area contributed by atoms with Crippen molar-refractivity contribution in [2.75, 3.05) is 0 Å². The van der Waals surface area contributed by atoms with E-state index in [-0.39, 0.29) is 62.5 Å². The minimum Gasteiger partial charge on any atom is 4.00 e. The molecule has 0 saturated heterocycles. The molecule has 8 rings (SSSR count). The van der Waals surface area contributed by atoms with E-state index in [0.717, 1.165) is 46.6 Å². The van der Waals surface area contributed by atoms with Gasteiger partial charge < -0.3 is 39.7 Å². The Bertz CT molecular complexity index is 1660. The fourth-order valence-electron chi connectivity index (χ4n) is 16.0. The van der Waals surface area contributed by atoms with E-state index in [4.69, 9.17) is 28.6 Å². The number of fused-ring (bicyclic) bond motifs is 8. The standard InChI is InChI=1S/2C26H44NSi.4CH3.2ClH.2Ti/c2*1-16-11-17-18-12-25(5,6)13-19(18)20-14-26(7,8)15-21(20)22(17)23(16)28(9,10)27-24(2,3)4;;;;;;;;/h2*16-17,22-23H,11-15H2,1-10H3;4*1H3;2*1H;;/q6*-1;;;+2;+4/p-2. The van der Waals surface area contributed by atoms with Crippen LogP contribution >= 0.6 is 18.6 Å². The van der Waals surface area contributed by atoms with Crippen molar-refractivity contribution in [1.82, 2.24) is 0 Å². The molecule has 0 aliphatic heterocycles. The second-order valence-corrected chi connectivity index (χ2v) is 38.7. The van der Waals surface area contributed by atoms with Crippen molar-refractivity contribution in [3.05, 3.63) is 84.3 Å². The number of halogens is 2. The first-order chi connectivity index (χ1) is 26.6. The molecule has 8 unspecified atom stereocenters. The third-order valence-corrected chi connectivity index (χ3v) is 23.9. The van der Waals surface area contributed by atoms with Gasteiger partial charge in [-0.2, -0.15) is 0 Å². The number of hydrogen-bond acceptors (Lipinski definition) is 0. The second kappa shape index (κ2) is 21.2. The summed E-state index contributed by atoms with van der Waals surface area (Å²) in [6, 6.07) is 0. The van der Waals surface area contributed by atoms with Crippen molar-refractivity contribution in [3.8, 4) is 0 Å². The van der Waals surface area contributed by atoms with Crippen molar-refractivity contribution in [2.24, 2.45) is 57.2 Å². The molecule has 8 atom stereocenters. The third kappa shape index (κ3) is 13.0. The van der Waals surface area contributed by atoms with Gasteiger partial charge in [0.05, 0.1) is 0 Å². The maximum absolute atomic E-state index is 5.53. The number of hydrogen-bond donors (Lipinski definition) is 0. The van der Waals surface area contributed by atoms with Gasteiger partial charge in [-0.1, -0.05) is 187 Å². The summed E-state index contributed by atoms with van der Waals surface area (Å²) in [5.41, 5.74) is 18.5. The van der Waals surface area contributed by atoms with Crippen molar-refractivity contribution in [1.29, 1.82) is 0 Å². The SMILES string of the molecule is CC1CC2C3=C(CC(C)(C)C3)C3=C(CC(C)(C)C3)C2C1[Si](C)(C)[N-]C(C)(C)C.CC1CC2C3=C(CC(C)(C)C3)C3=C(CC(C)(C)C3)C2C1[Si](C)(C)[N-]C(C)(C)C.[CH3-].[CH3-].[CH3-].[CH3-].[Cl][Ti][Cl].[Ti+4]. The molecule has 8 heteroatoms. The Morgan fingerprint density at radius 1 is 0.469 bits per heavy atom. The molecule has 0 bridgehead atoms. The maximum Gasteiger partial charge on any atom is 4.00 e. The molecule has 0 aromatic carbocycles. The molecule has 366 valence electrons. The third-order valence-electron chi connectivity index (χ3n) is 16.3. The van der Waals surface area contributed by atoms with E-state index in [2.05, 4.69) is 137 Å². The summed E-state index contributed by atoms with van der Waals surface area (Å²) in [5.74, 6) is 4.88. The van der Waals surface area contributed by atoms with Gasteiger partial charge in [0.1, 0.15) is 0 Å². The van der Waals surface area contributed by atoms with Crippen LogP contribution in [-0.2, 0) is 38.7 Å². The monoisotopic (exact) mass is 1020 g/mol. The Morgan fingerprint density at radius 2 is 0.688 bits per heavy atom. The Labute approximate surface area is 434 Å². The maximum atomic E-state index is 5.53. The van der Waals surface area contributed by atoms with E-state index in [9.17, 15) is 0 Å². The molecule has 0 radical (unpaired) electrons. The van der Waals surface area contributed by atoms with Gasteiger partial charge in [0.15, 0.2) is 0 Å². The van der Waals surface area contributed by atoms with E-state index < -0.39 is 33.5 Å². The molecule has 2 saturated carbocycles. The zero-order valence-corrected chi connectivity index (χ0v) is 53.0. The summed E-state index contributed by atoms with van der Waals surface area (Å²) in [5, 5.41) is 0. The molecule has 0 spiro atoms. The predicted molar refractivity (Wildman–Crippen MR) is 288 cm³/mol. The molecule has 0 N–H and O–H groups in total. The van der Waals surface area contributed by atoms with Gasteiger partial charge in [0.25, 0.3) is 0 Å². The van der Waals surface area contributed by atoms with E-state index >= 15 is 0 Å². The van der Waals surface area contributed by atoms with Crippen LogP contribution in [0, 0.1) is 86.9 Å². The molecule has 0 amide bonds. The number of rotatable bonds is 4.